The molecular formula is C27H27NS2. The number of aryl methyl sites for hydroxylation is 2. The topological polar surface area (TPSA) is 12.4 Å². The Kier molecular flexibility index (Phi) is 7.77. The summed E-state index contributed by atoms with van der Waals surface area (Å²) in [5, 5.41) is 2.45. The number of aliphatic imine (C=N–C) groups is 1. The molecule has 152 valence electrons. The summed E-state index contributed by atoms with van der Waals surface area (Å²) >= 11 is 6.65. The third-order valence-corrected chi connectivity index (χ3v) is 6.75. The van der Waals surface area contributed by atoms with E-state index in [0.717, 1.165) is 34.4 Å². The summed E-state index contributed by atoms with van der Waals surface area (Å²) in [6.07, 6.45) is 4.64. The summed E-state index contributed by atoms with van der Waals surface area (Å²) in [6, 6.07) is 15.2. The molecule has 3 rings (SSSR count). The lowest BCUT2D eigenvalue weighted by Crippen LogP contribution is -1.90. The minimum absolute atomic E-state index is 0.862. The molecule has 0 aliphatic rings. The lowest BCUT2D eigenvalue weighted by molar-refractivity contribution is 0.804. The third-order valence-electron chi connectivity index (χ3n) is 5.47. The van der Waals surface area contributed by atoms with E-state index in [1.807, 2.05) is 30.4 Å². The third kappa shape index (κ3) is 5.15. The van der Waals surface area contributed by atoms with Gasteiger partial charge in [0, 0.05) is 20.9 Å². The van der Waals surface area contributed by atoms with Gasteiger partial charge in [0.2, 0.25) is 0 Å². The average molecular weight is 430 g/mol. The number of benzene rings is 2. The lowest BCUT2D eigenvalue weighted by Gasteiger charge is -2.07. The first kappa shape index (κ1) is 22.2. The highest BCUT2D eigenvalue weighted by Crippen LogP contribution is 2.31. The van der Waals surface area contributed by atoms with Crippen molar-refractivity contribution in [3.63, 3.8) is 0 Å². The molecule has 0 aliphatic carbocycles. The van der Waals surface area contributed by atoms with Crippen molar-refractivity contribution in [3.8, 4) is 22.3 Å². The van der Waals surface area contributed by atoms with Crippen molar-refractivity contribution in [1.29, 1.82) is 0 Å². The molecule has 0 bridgehead atoms. The predicted octanol–water partition coefficient (Wildman–Crippen LogP) is 8.07. The smallest absolute Gasteiger partial charge is 0.0772 e. The molecule has 0 fully saturated rings. The van der Waals surface area contributed by atoms with Gasteiger partial charge in [-0.3, -0.25) is 0 Å². The van der Waals surface area contributed by atoms with E-state index in [-0.39, 0.29) is 0 Å². The second-order valence-corrected chi connectivity index (χ2v) is 8.78. The van der Waals surface area contributed by atoms with Gasteiger partial charge in [0.05, 0.1) is 10.8 Å². The van der Waals surface area contributed by atoms with E-state index in [2.05, 4.69) is 73.1 Å². The fourth-order valence-electron chi connectivity index (χ4n) is 3.43. The zero-order valence-corrected chi connectivity index (χ0v) is 19.8. The monoisotopic (exact) mass is 429 g/mol. The van der Waals surface area contributed by atoms with Crippen molar-refractivity contribution in [3.05, 3.63) is 75.2 Å². The summed E-state index contributed by atoms with van der Waals surface area (Å²) in [7, 11) is 0. The maximum atomic E-state index is 4.73. The van der Waals surface area contributed by atoms with Crippen molar-refractivity contribution in [1.82, 2.24) is 0 Å². The molecule has 0 atom stereocenters. The van der Waals surface area contributed by atoms with Gasteiger partial charge in [-0.1, -0.05) is 38.2 Å². The number of rotatable bonds is 6. The number of thiophene rings is 1. The Morgan fingerprint density at radius 1 is 0.933 bits per heavy atom. The SMILES string of the molecule is CCCCc1ccc(-c2ccc(C#Cc3ccc(N=C=S)c(C)c3C)c(CC)c2)s1. The van der Waals surface area contributed by atoms with Gasteiger partial charge in [-0.15, -0.1) is 11.3 Å². The number of nitrogens with zero attached hydrogens (tertiary/aromatic N) is 1. The van der Waals surface area contributed by atoms with E-state index in [0.29, 0.717) is 0 Å². The van der Waals surface area contributed by atoms with Crippen LogP contribution in [0.3, 0.4) is 0 Å². The second kappa shape index (κ2) is 10.5. The molecule has 0 unspecified atom stereocenters. The van der Waals surface area contributed by atoms with Crippen LogP contribution in [0.5, 0.6) is 0 Å². The fraction of sp³-hybridized carbons (Fsp3) is 0.296. The van der Waals surface area contributed by atoms with Gasteiger partial charge in [0.15, 0.2) is 0 Å². The number of unbranched alkanes of at least 4 members (excludes halogenated alkanes) is 1. The van der Waals surface area contributed by atoms with Crippen molar-refractivity contribution >= 4 is 34.4 Å². The van der Waals surface area contributed by atoms with Crippen LogP contribution in [-0.4, -0.2) is 5.16 Å². The summed E-state index contributed by atoms with van der Waals surface area (Å²) < 4.78 is 0. The van der Waals surface area contributed by atoms with Gasteiger partial charge in [0.1, 0.15) is 0 Å². The molecule has 0 saturated carbocycles. The van der Waals surface area contributed by atoms with Gasteiger partial charge < -0.3 is 0 Å². The molecule has 0 spiro atoms. The van der Waals surface area contributed by atoms with E-state index >= 15 is 0 Å². The Hall–Kier alpha value is -2.50. The zero-order chi connectivity index (χ0) is 21.5. The van der Waals surface area contributed by atoms with Crippen LogP contribution in [-0.2, 0) is 12.8 Å². The van der Waals surface area contributed by atoms with E-state index in [9.17, 15) is 0 Å². The van der Waals surface area contributed by atoms with Crippen LogP contribution in [0, 0.1) is 25.7 Å². The van der Waals surface area contributed by atoms with Crippen LogP contribution in [0.4, 0.5) is 5.69 Å². The van der Waals surface area contributed by atoms with E-state index in [4.69, 9.17) is 12.2 Å². The van der Waals surface area contributed by atoms with Gasteiger partial charge >= 0.3 is 0 Å². The van der Waals surface area contributed by atoms with Gasteiger partial charge in [-0.2, -0.15) is 4.99 Å². The molecule has 3 aromatic rings. The normalized spacial score (nSPS) is 10.3. The Labute approximate surface area is 189 Å². The van der Waals surface area contributed by atoms with Gasteiger partial charge in [-0.05, 0) is 104 Å². The first-order chi connectivity index (χ1) is 14.6. The van der Waals surface area contributed by atoms with Crippen LogP contribution < -0.4 is 0 Å². The number of hydrogen-bond donors (Lipinski definition) is 0. The summed E-state index contributed by atoms with van der Waals surface area (Å²) in [5.41, 5.74) is 7.81. The molecule has 1 nitrogen and oxygen atoms in total. The van der Waals surface area contributed by atoms with Crippen LogP contribution in [0.15, 0.2) is 47.5 Å². The minimum Gasteiger partial charge on any atom is -0.194 e. The van der Waals surface area contributed by atoms with Crippen molar-refractivity contribution in [2.24, 2.45) is 4.99 Å². The number of thiocarbonyl (C=S) groups is 1. The lowest BCUT2D eigenvalue weighted by atomic mass is 9.99. The minimum atomic E-state index is 0.862. The molecule has 0 N–H and O–H groups in total. The predicted molar refractivity (Wildman–Crippen MR) is 134 cm³/mol. The highest BCUT2D eigenvalue weighted by Gasteiger charge is 2.07. The van der Waals surface area contributed by atoms with Crippen molar-refractivity contribution < 1.29 is 0 Å². The number of isothiocyanates is 1. The highest BCUT2D eigenvalue weighted by molar-refractivity contribution is 7.78. The van der Waals surface area contributed by atoms with Crippen LogP contribution >= 0.6 is 23.6 Å². The standard InChI is InChI=1S/C27H27NS2/c1-5-7-8-25-14-16-27(30-25)24-12-11-23(21(6-2)17-24)10-9-22-13-15-26(28-18-29)20(4)19(22)3/h11-17H,5-8H2,1-4H3. The van der Waals surface area contributed by atoms with Crippen molar-refractivity contribution in [2.75, 3.05) is 0 Å². The Morgan fingerprint density at radius 2 is 1.70 bits per heavy atom. The molecule has 1 heterocycles. The van der Waals surface area contributed by atoms with Crippen LogP contribution in [0.25, 0.3) is 10.4 Å². The van der Waals surface area contributed by atoms with Gasteiger partial charge in [0.25, 0.3) is 0 Å². The van der Waals surface area contributed by atoms with Crippen LogP contribution in [0.1, 0.15) is 59.4 Å². The first-order valence-corrected chi connectivity index (χ1v) is 11.7. The molecule has 0 aliphatic heterocycles. The molecule has 0 radical (unpaired) electrons. The summed E-state index contributed by atoms with van der Waals surface area (Å²) in [4.78, 5) is 6.95. The Balaban J connectivity index is 1.89. The fourth-order valence-corrected chi connectivity index (χ4v) is 4.57. The summed E-state index contributed by atoms with van der Waals surface area (Å²) in [5.74, 6) is 6.76. The van der Waals surface area contributed by atoms with E-state index in [1.54, 1.807) is 0 Å². The number of hydrogen-bond acceptors (Lipinski definition) is 3. The van der Waals surface area contributed by atoms with Crippen LogP contribution in [0.2, 0.25) is 0 Å². The zero-order valence-electron chi connectivity index (χ0n) is 18.1. The molecule has 1 aromatic heterocycles. The average Bonchev–Trinajstić information content (AvgIpc) is 3.24. The quantitative estimate of drug-likeness (QED) is 0.219. The largest absolute Gasteiger partial charge is 0.194 e. The molecule has 30 heavy (non-hydrogen) atoms. The van der Waals surface area contributed by atoms with Gasteiger partial charge in [-0.25, -0.2) is 0 Å². The maximum Gasteiger partial charge on any atom is 0.0772 e. The highest BCUT2D eigenvalue weighted by atomic mass is 32.1. The molecular weight excluding hydrogens is 402 g/mol. The maximum absolute atomic E-state index is 4.73. The Morgan fingerprint density at radius 3 is 2.43 bits per heavy atom. The molecule has 2 aromatic carbocycles. The molecule has 0 amide bonds. The first-order valence-electron chi connectivity index (χ1n) is 10.5. The van der Waals surface area contributed by atoms with E-state index in [1.165, 1.54) is 40.1 Å². The summed E-state index contributed by atoms with van der Waals surface area (Å²) in [6.45, 7) is 8.57. The molecule has 0 saturated heterocycles. The Bertz CT molecular complexity index is 1150. The second-order valence-electron chi connectivity index (χ2n) is 7.43. The van der Waals surface area contributed by atoms with E-state index < -0.39 is 0 Å². The van der Waals surface area contributed by atoms with Crippen molar-refractivity contribution in [2.45, 2.75) is 53.4 Å². The molecule has 3 heteroatoms.